The lowest BCUT2D eigenvalue weighted by Crippen LogP contribution is -2.09. The van der Waals surface area contributed by atoms with E-state index in [1.807, 2.05) is 25.7 Å². The van der Waals surface area contributed by atoms with E-state index in [1.165, 1.54) is 5.69 Å². The van der Waals surface area contributed by atoms with Crippen molar-refractivity contribution in [2.45, 2.75) is 12.7 Å². The van der Waals surface area contributed by atoms with Gasteiger partial charge in [-0.25, -0.2) is 4.98 Å². The number of nitrogens with one attached hydrogen (secondary N) is 2. The van der Waals surface area contributed by atoms with E-state index in [4.69, 9.17) is 0 Å². The monoisotopic (exact) mass is 185 g/mol. The van der Waals surface area contributed by atoms with E-state index in [0.717, 1.165) is 23.7 Å². The van der Waals surface area contributed by atoms with E-state index in [9.17, 15) is 0 Å². The third-order valence-corrected chi connectivity index (χ3v) is 2.66. The molecule has 68 valence electrons. The van der Waals surface area contributed by atoms with E-state index < -0.39 is 0 Å². The molecule has 1 rings (SSSR count). The summed E-state index contributed by atoms with van der Waals surface area (Å²) < 4.78 is 0. The van der Waals surface area contributed by atoms with Crippen LogP contribution < -0.4 is 5.32 Å². The lowest BCUT2D eigenvalue weighted by Gasteiger charge is -1.99. The minimum atomic E-state index is 1.04. The molecule has 0 aromatic carbocycles. The molecule has 0 aliphatic rings. The lowest BCUT2D eigenvalue weighted by atomic mass is 10.4. The number of imidazole rings is 1. The van der Waals surface area contributed by atoms with Crippen molar-refractivity contribution in [2.24, 2.45) is 0 Å². The van der Waals surface area contributed by atoms with Gasteiger partial charge in [-0.1, -0.05) is 0 Å². The lowest BCUT2D eigenvalue weighted by molar-refractivity contribution is 0.871. The number of hydrogen-bond acceptors (Lipinski definition) is 3. The summed E-state index contributed by atoms with van der Waals surface area (Å²) in [6.07, 6.45) is 1.75. The fourth-order valence-corrected chi connectivity index (χ4v) is 1.87. The first-order valence-corrected chi connectivity index (χ1v) is 5.21. The first kappa shape index (κ1) is 9.61. The number of thioether (sulfide) groups is 1. The van der Waals surface area contributed by atoms with Crippen molar-refractivity contribution in [1.29, 1.82) is 0 Å². The van der Waals surface area contributed by atoms with Crippen molar-refractivity contribution in [3.63, 3.8) is 0 Å². The molecule has 0 unspecified atom stereocenters. The van der Waals surface area contributed by atoms with Crippen molar-refractivity contribution >= 4 is 11.8 Å². The van der Waals surface area contributed by atoms with Crippen LogP contribution in [0, 0.1) is 6.92 Å². The predicted molar refractivity (Wildman–Crippen MR) is 53.4 cm³/mol. The molecule has 2 N–H and O–H groups in total. The minimum absolute atomic E-state index is 1.04. The molecule has 4 heteroatoms. The largest absolute Gasteiger partial charge is 0.348 e. The van der Waals surface area contributed by atoms with Crippen LogP contribution in [0.1, 0.15) is 11.4 Å². The Labute approximate surface area is 77.4 Å². The summed E-state index contributed by atoms with van der Waals surface area (Å²) in [4.78, 5) is 7.26. The summed E-state index contributed by atoms with van der Waals surface area (Å²) in [5.74, 6) is 2.18. The van der Waals surface area contributed by atoms with Gasteiger partial charge < -0.3 is 10.3 Å². The van der Waals surface area contributed by atoms with Gasteiger partial charge in [0.05, 0.1) is 12.0 Å². The third-order valence-electron chi connectivity index (χ3n) is 1.68. The number of H-pyrrole nitrogens is 1. The topological polar surface area (TPSA) is 40.7 Å². The molecule has 0 atom stereocenters. The second-order valence-corrected chi connectivity index (χ2v) is 3.73. The molecule has 0 radical (unpaired) electrons. The molecule has 0 saturated carbocycles. The maximum Gasteiger partial charge on any atom is 0.0925 e. The van der Waals surface area contributed by atoms with Crippen LogP contribution in [-0.2, 0) is 5.75 Å². The Balaban J connectivity index is 2.20. The standard InChI is InChI=1S/C8H15N3S/c1-7-8(11-6-10-7)5-12-4-3-9-2/h6,9H,3-5H2,1-2H3,(H,10,11). The molecule has 0 spiro atoms. The maximum atomic E-state index is 4.13. The molecule has 0 saturated heterocycles. The Hall–Kier alpha value is -0.480. The average Bonchev–Trinajstić information content (AvgIpc) is 2.46. The molecule has 1 heterocycles. The van der Waals surface area contributed by atoms with E-state index in [-0.39, 0.29) is 0 Å². The van der Waals surface area contributed by atoms with Gasteiger partial charge in [-0.05, 0) is 14.0 Å². The number of aromatic nitrogens is 2. The van der Waals surface area contributed by atoms with Gasteiger partial charge in [0.1, 0.15) is 0 Å². The zero-order valence-corrected chi connectivity index (χ0v) is 8.37. The molecule has 0 amide bonds. The van der Waals surface area contributed by atoms with Crippen LogP contribution in [-0.4, -0.2) is 29.3 Å². The smallest absolute Gasteiger partial charge is 0.0925 e. The number of aryl methyl sites for hydroxylation is 1. The van der Waals surface area contributed by atoms with Crippen LogP contribution in [0.2, 0.25) is 0 Å². The molecule has 0 bridgehead atoms. The summed E-state index contributed by atoms with van der Waals surface area (Å²) in [5, 5.41) is 3.12. The highest BCUT2D eigenvalue weighted by Crippen LogP contribution is 2.11. The van der Waals surface area contributed by atoms with Gasteiger partial charge in [0, 0.05) is 23.7 Å². The summed E-state index contributed by atoms with van der Waals surface area (Å²) in [7, 11) is 1.97. The van der Waals surface area contributed by atoms with Crippen LogP contribution in [0.4, 0.5) is 0 Å². The third kappa shape index (κ3) is 2.87. The molecule has 0 fully saturated rings. The van der Waals surface area contributed by atoms with Crippen LogP contribution in [0.5, 0.6) is 0 Å². The number of rotatable bonds is 5. The average molecular weight is 185 g/mol. The molecular formula is C8H15N3S. The second kappa shape index (κ2) is 5.22. The van der Waals surface area contributed by atoms with Crippen LogP contribution >= 0.6 is 11.8 Å². The minimum Gasteiger partial charge on any atom is -0.348 e. The van der Waals surface area contributed by atoms with Crippen molar-refractivity contribution < 1.29 is 0 Å². The molecule has 1 aromatic rings. The Morgan fingerprint density at radius 3 is 3.08 bits per heavy atom. The highest BCUT2D eigenvalue weighted by molar-refractivity contribution is 7.98. The predicted octanol–water partition coefficient (Wildman–Crippen LogP) is 1.17. The van der Waals surface area contributed by atoms with Crippen molar-refractivity contribution in [1.82, 2.24) is 15.3 Å². The molecule has 0 aliphatic carbocycles. The van der Waals surface area contributed by atoms with E-state index >= 15 is 0 Å². The van der Waals surface area contributed by atoms with Gasteiger partial charge in [-0.2, -0.15) is 11.8 Å². The zero-order chi connectivity index (χ0) is 8.81. The van der Waals surface area contributed by atoms with E-state index in [1.54, 1.807) is 6.33 Å². The van der Waals surface area contributed by atoms with Crippen LogP contribution in [0.15, 0.2) is 6.33 Å². The first-order chi connectivity index (χ1) is 5.84. The van der Waals surface area contributed by atoms with Gasteiger partial charge in [-0.15, -0.1) is 0 Å². The first-order valence-electron chi connectivity index (χ1n) is 4.05. The Bertz CT molecular complexity index is 222. The van der Waals surface area contributed by atoms with Crippen LogP contribution in [0.25, 0.3) is 0 Å². The number of aromatic amines is 1. The van der Waals surface area contributed by atoms with Crippen molar-refractivity contribution in [3.05, 3.63) is 17.7 Å². The molecule has 1 aromatic heterocycles. The molecule has 3 nitrogen and oxygen atoms in total. The number of hydrogen-bond donors (Lipinski definition) is 2. The number of nitrogens with zero attached hydrogens (tertiary/aromatic N) is 1. The quantitative estimate of drug-likeness (QED) is 0.677. The summed E-state index contributed by atoms with van der Waals surface area (Å²) >= 11 is 1.92. The van der Waals surface area contributed by atoms with Crippen molar-refractivity contribution in [2.75, 3.05) is 19.3 Å². The van der Waals surface area contributed by atoms with Gasteiger partial charge in [0.15, 0.2) is 0 Å². The highest BCUT2D eigenvalue weighted by atomic mass is 32.2. The van der Waals surface area contributed by atoms with Crippen molar-refractivity contribution in [3.8, 4) is 0 Å². The zero-order valence-electron chi connectivity index (χ0n) is 7.55. The van der Waals surface area contributed by atoms with Gasteiger partial charge in [0.2, 0.25) is 0 Å². The molecule has 12 heavy (non-hydrogen) atoms. The Morgan fingerprint density at radius 1 is 1.67 bits per heavy atom. The summed E-state index contributed by atoms with van der Waals surface area (Å²) in [6.45, 7) is 3.10. The highest BCUT2D eigenvalue weighted by Gasteiger charge is 1.98. The van der Waals surface area contributed by atoms with Gasteiger partial charge >= 0.3 is 0 Å². The van der Waals surface area contributed by atoms with E-state index in [0.29, 0.717) is 0 Å². The summed E-state index contributed by atoms with van der Waals surface area (Å²) in [6, 6.07) is 0. The Kier molecular flexibility index (Phi) is 4.18. The molecular weight excluding hydrogens is 170 g/mol. The van der Waals surface area contributed by atoms with E-state index in [2.05, 4.69) is 15.3 Å². The molecule has 0 aliphatic heterocycles. The summed E-state index contributed by atoms with van der Waals surface area (Å²) in [5.41, 5.74) is 2.36. The Morgan fingerprint density at radius 2 is 2.50 bits per heavy atom. The normalized spacial score (nSPS) is 10.5. The maximum absolute atomic E-state index is 4.13. The fourth-order valence-electron chi connectivity index (χ4n) is 0.884. The SMILES string of the molecule is CNCCSCc1[nH]cnc1C. The fraction of sp³-hybridized carbons (Fsp3) is 0.625. The van der Waals surface area contributed by atoms with Gasteiger partial charge in [-0.3, -0.25) is 0 Å². The van der Waals surface area contributed by atoms with Gasteiger partial charge in [0.25, 0.3) is 0 Å². The second-order valence-electron chi connectivity index (χ2n) is 2.62. The van der Waals surface area contributed by atoms with Crippen LogP contribution in [0.3, 0.4) is 0 Å².